The number of carbonyl (C=O) groups excluding carboxylic acids is 1. The van der Waals surface area contributed by atoms with Gasteiger partial charge in [-0.25, -0.2) is 4.39 Å². The lowest BCUT2D eigenvalue weighted by atomic mass is 10.1. The molecule has 0 aliphatic heterocycles. The molecule has 0 saturated carbocycles. The van der Waals surface area contributed by atoms with Crippen molar-refractivity contribution >= 4 is 35.0 Å². The van der Waals surface area contributed by atoms with Gasteiger partial charge in [-0.2, -0.15) is 13.2 Å². The van der Waals surface area contributed by atoms with E-state index in [1.54, 1.807) is 11.5 Å². The Bertz CT molecular complexity index is 1170. The summed E-state index contributed by atoms with van der Waals surface area (Å²) in [5.74, 6) is -0.0501. The monoisotopic (exact) mass is 530 g/mol. The molecule has 1 heterocycles. The molecular weight excluding hydrogens is 508 g/mol. The molecule has 0 bridgehead atoms. The number of alkyl halides is 3. The largest absolute Gasteiger partial charge is 0.483 e. The van der Waals surface area contributed by atoms with Crippen LogP contribution in [0.4, 0.5) is 23.2 Å². The highest BCUT2D eigenvalue weighted by atomic mass is 35.5. The number of carbonyl (C=O) groups is 1. The Balaban J connectivity index is 1.73. The van der Waals surface area contributed by atoms with Gasteiger partial charge in [0.1, 0.15) is 11.6 Å². The van der Waals surface area contributed by atoms with Gasteiger partial charge >= 0.3 is 6.18 Å². The maximum absolute atomic E-state index is 13.3. The molecule has 0 fully saturated rings. The molecule has 1 aromatic heterocycles. The van der Waals surface area contributed by atoms with E-state index in [1.807, 2.05) is 13.8 Å². The first-order valence-corrected chi connectivity index (χ1v) is 11.9. The van der Waals surface area contributed by atoms with E-state index >= 15 is 0 Å². The number of rotatable bonds is 9. The van der Waals surface area contributed by atoms with Crippen LogP contribution in [0.25, 0.3) is 0 Å². The first-order chi connectivity index (χ1) is 16.4. The van der Waals surface area contributed by atoms with Gasteiger partial charge in [-0.15, -0.1) is 10.2 Å². The summed E-state index contributed by atoms with van der Waals surface area (Å²) in [5, 5.41) is 11.0. The second-order valence-electron chi connectivity index (χ2n) is 8.08. The fourth-order valence-electron chi connectivity index (χ4n) is 3.19. The third-order valence-electron chi connectivity index (χ3n) is 4.68. The van der Waals surface area contributed by atoms with E-state index in [4.69, 9.17) is 16.3 Å². The number of nitrogens with zero attached hydrogens (tertiary/aromatic N) is 3. The van der Waals surface area contributed by atoms with Crippen molar-refractivity contribution in [3.63, 3.8) is 0 Å². The molecule has 1 atom stereocenters. The van der Waals surface area contributed by atoms with Gasteiger partial charge in [0, 0.05) is 11.6 Å². The zero-order valence-electron chi connectivity index (χ0n) is 19.1. The summed E-state index contributed by atoms with van der Waals surface area (Å²) in [6.45, 7) is 6.29. The minimum Gasteiger partial charge on any atom is -0.483 e. The number of thioether (sulfide) groups is 1. The van der Waals surface area contributed by atoms with E-state index in [2.05, 4.69) is 15.5 Å². The number of benzene rings is 2. The number of hydrogen-bond acceptors (Lipinski definition) is 5. The van der Waals surface area contributed by atoms with Crippen LogP contribution in [0.3, 0.4) is 0 Å². The van der Waals surface area contributed by atoms with Crippen LogP contribution in [0.2, 0.25) is 5.02 Å². The van der Waals surface area contributed by atoms with E-state index in [1.165, 1.54) is 30.3 Å². The number of aromatic nitrogens is 3. The average molecular weight is 531 g/mol. The maximum atomic E-state index is 13.3. The minimum atomic E-state index is -4.67. The molecular formula is C23H23ClF4N4O2S. The second kappa shape index (κ2) is 11.3. The van der Waals surface area contributed by atoms with Crippen molar-refractivity contribution in [1.29, 1.82) is 0 Å². The van der Waals surface area contributed by atoms with Crippen LogP contribution < -0.4 is 10.1 Å². The minimum absolute atomic E-state index is 0.0870. The molecule has 6 nitrogen and oxygen atoms in total. The second-order valence-corrected chi connectivity index (χ2v) is 9.46. The Morgan fingerprint density at radius 1 is 1.14 bits per heavy atom. The molecule has 0 saturated heterocycles. The first kappa shape index (κ1) is 26.8. The number of halogens is 5. The molecule has 2 aromatic carbocycles. The Hall–Kier alpha value is -2.79. The number of ether oxygens (including phenoxy) is 1. The Labute approximate surface area is 209 Å². The molecule has 3 aromatic rings. The quantitative estimate of drug-likeness (QED) is 0.249. The molecule has 3 rings (SSSR count). The fraction of sp³-hybridized carbons (Fsp3) is 0.348. The first-order valence-electron chi connectivity index (χ1n) is 10.6. The lowest BCUT2D eigenvalue weighted by molar-refractivity contribution is -0.137. The van der Waals surface area contributed by atoms with E-state index in [0.717, 1.165) is 23.9 Å². The van der Waals surface area contributed by atoms with Gasteiger partial charge in [-0.3, -0.25) is 4.79 Å². The molecule has 0 aliphatic carbocycles. The van der Waals surface area contributed by atoms with E-state index in [-0.39, 0.29) is 28.2 Å². The summed E-state index contributed by atoms with van der Waals surface area (Å²) >= 11 is 6.73. The highest BCUT2D eigenvalue weighted by molar-refractivity contribution is 7.99. The van der Waals surface area contributed by atoms with Crippen LogP contribution in [0.15, 0.2) is 47.6 Å². The molecule has 12 heteroatoms. The predicted molar refractivity (Wildman–Crippen MR) is 126 cm³/mol. The van der Waals surface area contributed by atoms with E-state index in [9.17, 15) is 22.4 Å². The van der Waals surface area contributed by atoms with Crippen LogP contribution in [0, 0.1) is 11.7 Å². The molecule has 188 valence electrons. The standard InChI is InChI=1S/C23H23ClF4N4O2S/c1-13(2)11-32-21(14(3)34-17-7-5-16(25)6-8-17)30-31-22(32)35-12-20(33)29-19-9-4-15(24)10-18(19)23(26,27)28/h4-10,13-14H,11-12H2,1-3H3,(H,29,33). The van der Waals surface area contributed by atoms with Crippen LogP contribution in [0.1, 0.15) is 38.3 Å². The summed E-state index contributed by atoms with van der Waals surface area (Å²) in [5.41, 5.74) is -1.40. The molecule has 35 heavy (non-hydrogen) atoms. The lowest BCUT2D eigenvalue weighted by Gasteiger charge is -2.18. The maximum Gasteiger partial charge on any atom is 0.418 e. The van der Waals surface area contributed by atoms with Gasteiger partial charge in [-0.1, -0.05) is 37.2 Å². The highest BCUT2D eigenvalue weighted by Crippen LogP contribution is 2.36. The summed E-state index contributed by atoms with van der Waals surface area (Å²) in [7, 11) is 0. The predicted octanol–water partition coefficient (Wildman–Crippen LogP) is 6.62. The zero-order chi connectivity index (χ0) is 25.8. The normalized spacial score (nSPS) is 12.6. The van der Waals surface area contributed by atoms with Crippen molar-refractivity contribution in [2.75, 3.05) is 11.1 Å². The number of amides is 1. The van der Waals surface area contributed by atoms with Gasteiger partial charge in [0.15, 0.2) is 17.1 Å². The van der Waals surface area contributed by atoms with Gasteiger partial charge in [0.05, 0.1) is 17.0 Å². The third-order valence-corrected chi connectivity index (χ3v) is 5.88. The molecule has 1 N–H and O–H groups in total. The van der Waals surface area contributed by atoms with Crippen molar-refractivity contribution in [2.24, 2.45) is 5.92 Å². The Kier molecular flexibility index (Phi) is 8.65. The van der Waals surface area contributed by atoms with Gasteiger partial charge in [-0.05, 0) is 55.3 Å². The van der Waals surface area contributed by atoms with Crippen LogP contribution in [-0.4, -0.2) is 26.4 Å². The van der Waals surface area contributed by atoms with Crippen molar-refractivity contribution in [3.8, 4) is 5.75 Å². The highest BCUT2D eigenvalue weighted by Gasteiger charge is 2.34. The van der Waals surface area contributed by atoms with E-state index < -0.39 is 23.8 Å². The summed E-state index contributed by atoms with van der Waals surface area (Å²) in [6, 6.07) is 8.72. The summed E-state index contributed by atoms with van der Waals surface area (Å²) in [6.07, 6.45) is -5.20. The van der Waals surface area contributed by atoms with Crippen molar-refractivity contribution < 1.29 is 27.1 Å². The number of hydrogen-bond donors (Lipinski definition) is 1. The van der Waals surface area contributed by atoms with Crippen molar-refractivity contribution in [3.05, 3.63) is 64.7 Å². The van der Waals surface area contributed by atoms with E-state index in [0.29, 0.717) is 23.3 Å². The zero-order valence-corrected chi connectivity index (χ0v) is 20.6. The molecule has 0 aliphatic rings. The molecule has 1 unspecified atom stereocenters. The average Bonchev–Trinajstić information content (AvgIpc) is 3.16. The van der Waals surface area contributed by atoms with Crippen LogP contribution in [0.5, 0.6) is 5.75 Å². The van der Waals surface area contributed by atoms with Crippen molar-refractivity contribution in [2.45, 2.75) is 44.8 Å². The molecule has 0 radical (unpaired) electrons. The van der Waals surface area contributed by atoms with Crippen LogP contribution in [-0.2, 0) is 17.5 Å². The molecule has 0 spiro atoms. The smallest absolute Gasteiger partial charge is 0.418 e. The van der Waals surface area contributed by atoms with Gasteiger partial charge < -0.3 is 14.6 Å². The van der Waals surface area contributed by atoms with Crippen molar-refractivity contribution in [1.82, 2.24) is 14.8 Å². The number of anilines is 1. The lowest BCUT2D eigenvalue weighted by Crippen LogP contribution is -2.19. The summed E-state index contributed by atoms with van der Waals surface area (Å²) in [4.78, 5) is 12.4. The van der Waals surface area contributed by atoms with Gasteiger partial charge in [0.25, 0.3) is 0 Å². The topological polar surface area (TPSA) is 69.0 Å². The number of nitrogens with one attached hydrogen (secondary N) is 1. The van der Waals surface area contributed by atoms with Gasteiger partial charge in [0.2, 0.25) is 5.91 Å². The third kappa shape index (κ3) is 7.35. The molecule has 1 amide bonds. The Morgan fingerprint density at radius 3 is 2.46 bits per heavy atom. The van der Waals surface area contributed by atoms with Crippen LogP contribution >= 0.6 is 23.4 Å². The summed E-state index contributed by atoms with van der Waals surface area (Å²) < 4.78 is 60.7. The Morgan fingerprint density at radius 2 is 1.83 bits per heavy atom. The fourth-order valence-corrected chi connectivity index (χ4v) is 4.12. The SMILES string of the molecule is CC(C)Cn1c(SCC(=O)Nc2ccc(Cl)cc2C(F)(F)F)nnc1C(C)Oc1ccc(F)cc1.